The number of rotatable bonds is 4. The van der Waals surface area contributed by atoms with Gasteiger partial charge in [0.25, 0.3) is 0 Å². The molecule has 0 bridgehead atoms. The van der Waals surface area contributed by atoms with Gasteiger partial charge in [0.2, 0.25) is 10.0 Å². The lowest BCUT2D eigenvalue weighted by molar-refractivity contribution is 0.581. The maximum atomic E-state index is 11.7. The summed E-state index contributed by atoms with van der Waals surface area (Å²) in [6.07, 6.45) is 6.18. The van der Waals surface area contributed by atoms with E-state index >= 15 is 0 Å². The molecule has 0 aromatic carbocycles. The second kappa shape index (κ2) is 4.75. The molecule has 1 aromatic rings. The predicted octanol–water partition coefficient (Wildman–Crippen LogP) is -0.0297. The Kier molecular flexibility index (Phi) is 3.35. The first-order valence-electron chi connectivity index (χ1n) is 5.15. The fourth-order valence-corrected chi connectivity index (χ4v) is 3.10. The van der Waals surface area contributed by atoms with Crippen LogP contribution in [-0.4, -0.2) is 36.7 Å². The molecule has 1 unspecified atom stereocenters. The van der Waals surface area contributed by atoms with Crippen LogP contribution in [0.15, 0.2) is 18.7 Å². The minimum Gasteiger partial charge on any atom is -0.313 e. The zero-order chi connectivity index (χ0) is 11.4. The number of hydrogen-bond acceptors (Lipinski definition) is 5. The van der Waals surface area contributed by atoms with Crippen LogP contribution in [0.2, 0.25) is 0 Å². The van der Waals surface area contributed by atoms with Gasteiger partial charge in [0.15, 0.2) is 0 Å². The molecule has 0 saturated carbocycles. The number of hydrogen-bond donors (Lipinski definition) is 2. The van der Waals surface area contributed by atoms with Crippen molar-refractivity contribution in [2.75, 3.05) is 17.0 Å². The number of aromatic nitrogens is 2. The van der Waals surface area contributed by atoms with E-state index in [0.29, 0.717) is 5.69 Å². The van der Waals surface area contributed by atoms with Crippen molar-refractivity contribution in [1.29, 1.82) is 0 Å². The lowest BCUT2D eigenvalue weighted by Gasteiger charge is -2.11. The van der Waals surface area contributed by atoms with E-state index in [-0.39, 0.29) is 11.8 Å². The van der Waals surface area contributed by atoms with Crippen molar-refractivity contribution in [3.05, 3.63) is 18.7 Å². The maximum Gasteiger partial charge on any atom is 0.234 e. The van der Waals surface area contributed by atoms with Gasteiger partial charge in [-0.1, -0.05) is 0 Å². The molecule has 1 atom stereocenters. The summed E-state index contributed by atoms with van der Waals surface area (Å²) in [5.74, 6) is 0.0991. The third-order valence-corrected chi connectivity index (χ3v) is 3.80. The Morgan fingerprint density at radius 3 is 2.81 bits per heavy atom. The average Bonchev–Trinajstić information content (AvgIpc) is 2.70. The minimum atomic E-state index is -3.31. The molecule has 1 aromatic heterocycles. The molecule has 1 fully saturated rings. The Labute approximate surface area is 94.6 Å². The topological polar surface area (TPSA) is 84.0 Å². The van der Waals surface area contributed by atoms with Gasteiger partial charge in [-0.2, -0.15) is 0 Å². The highest BCUT2D eigenvalue weighted by molar-refractivity contribution is 7.92. The van der Waals surface area contributed by atoms with Gasteiger partial charge in [0.05, 0.1) is 23.8 Å². The quantitative estimate of drug-likeness (QED) is 0.774. The average molecular weight is 242 g/mol. The van der Waals surface area contributed by atoms with Crippen LogP contribution in [0.3, 0.4) is 0 Å². The van der Waals surface area contributed by atoms with E-state index in [2.05, 4.69) is 20.0 Å². The van der Waals surface area contributed by atoms with Gasteiger partial charge >= 0.3 is 0 Å². The summed E-state index contributed by atoms with van der Waals surface area (Å²) in [5.41, 5.74) is 0.403. The van der Waals surface area contributed by atoms with Crippen LogP contribution >= 0.6 is 0 Å². The second-order valence-corrected chi connectivity index (χ2v) is 5.57. The lowest BCUT2D eigenvalue weighted by atomic mass is 10.3. The Bertz CT molecular complexity index is 428. The normalized spacial score (nSPS) is 20.9. The number of nitrogens with one attached hydrogen (secondary N) is 2. The fourth-order valence-electron chi connectivity index (χ4n) is 1.74. The molecule has 16 heavy (non-hydrogen) atoms. The molecule has 2 heterocycles. The molecule has 6 nitrogen and oxygen atoms in total. The third-order valence-electron chi connectivity index (χ3n) is 2.42. The molecular formula is C9H14N4O2S. The van der Waals surface area contributed by atoms with Crippen LogP contribution in [0.25, 0.3) is 0 Å². The fraction of sp³-hybridized carbons (Fsp3) is 0.556. The van der Waals surface area contributed by atoms with E-state index in [0.717, 1.165) is 19.4 Å². The van der Waals surface area contributed by atoms with Crippen LogP contribution < -0.4 is 10.0 Å². The first-order valence-corrected chi connectivity index (χ1v) is 6.80. The zero-order valence-electron chi connectivity index (χ0n) is 8.76. The van der Waals surface area contributed by atoms with Gasteiger partial charge in [-0.25, -0.2) is 18.4 Å². The van der Waals surface area contributed by atoms with E-state index in [9.17, 15) is 8.42 Å². The summed E-state index contributed by atoms with van der Waals surface area (Å²) < 4.78 is 26.0. The maximum absolute atomic E-state index is 11.7. The molecule has 1 aliphatic rings. The van der Waals surface area contributed by atoms with Crippen molar-refractivity contribution in [3.8, 4) is 0 Å². The molecule has 2 N–H and O–H groups in total. The number of anilines is 1. The van der Waals surface area contributed by atoms with Gasteiger partial charge < -0.3 is 5.32 Å². The molecule has 0 aliphatic carbocycles. The Morgan fingerprint density at radius 2 is 2.19 bits per heavy atom. The smallest absolute Gasteiger partial charge is 0.234 e. The molecule has 1 aliphatic heterocycles. The molecule has 0 radical (unpaired) electrons. The Hall–Kier alpha value is -1.21. The van der Waals surface area contributed by atoms with Crippen molar-refractivity contribution < 1.29 is 8.42 Å². The summed E-state index contributed by atoms with van der Waals surface area (Å²) in [5, 5.41) is 3.15. The van der Waals surface area contributed by atoms with Crippen LogP contribution in [0, 0.1) is 0 Å². The van der Waals surface area contributed by atoms with Gasteiger partial charge in [-0.15, -0.1) is 0 Å². The summed E-state index contributed by atoms with van der Waals surface area (Å²) in [7, 11) is -3.31. The molecule has 7 heteroatoms. The minimum absolute atomic E-state index is 0.0575. The van der Waals surface area contributed by atoms with E-state index in [1.807, 2.05) is 0 Å². The van der Waals surface area contributed by atoms with E-state index in [4.69, 9.17) is 0 Å². The van der Waals surface area contributed by atoms with E-state index in [1.165, 1.54) is 18.7 Å². The van der Waals surface area contributed by atoms with E-state index < -0.39 is 10.0 Å². The van der Waals surface area contributed by atoms with Crippen molar-refractivity contribution >= 4 is 15.7 Å². The summed E-state index contributed by atoms with van der Waals surface area (Å²) >= 11 is 0. The van der Waals surface area contributed by atoms with E-state index in [1.54, 1.807) is 0 Å². The molecular weight excluding hydrogens is 228 g/mol. The van der Waals surface area contributed by atoms with Gasteiger partial charge in [0.1, 0.15) is 6.33 Å². The zero-order valence-corrected chi connectivity index (χ0v) is 9.57. The Morgan fingerprint density at radius 1 is 1.44 bits per heavy atom. The molecule has 0 amide bonds. The first kappa shape index (κ1) is 11.3. The SMILES string of the molecule is O=S(=O)(CC1CCCN1)Nc1cncnc1. The van der Waals surface area contributed by atoms with Gasteiger partial charge in [0, 0.05) is 6.04 Å². The molecule has 1 saturated heterocycles. The van der Waals surface area contributed by atoms with Crippen molar-refractivity contribution in [3.63, 3.8) is 0 Å². The highest BCUT2D eigenvalue weighted by Crippen LogP contribution is 2.10. The largest absolute Gasteiger partial charge is 0.313 e. The van der Waals surface area contributed by atoms with Crippen LogP contribution in [-0.2, 0) is 10.0 Å². The van der Waals surface area contributed by atoms with Gasteiger partial charge in [-0.05, 0) is 19.4 Å². The summed E-state index contributed by atoms with van der Waals surface area (Å²) in [6, 6.07) is 0.0575. The van der Waals surface area contributed by atoms with Crippen molar-refractivity contribution in [1.82, 2.24) is 15.3 Å². The molecule has 0 spiro atoms. The Balaban J connectivity index is 1.97. The number of sulfonamides is 1. The molecule has 88 valence electrons. The van der Waals surface area contributed by atoms with Crippen LogP contribution in [0.1, 0.15) is 12.8 Å². The molecule has 2 rings (SSSR count). The van der Waals surface area contributed by atoms with Crippen LogP contribution in [0.5, 0.6) is 0 Å². The monoisotopic (exact) mass is 242 g/mol. The van der Waals surface area contributed by atoms with Crippen molar-refractivity contribution in [2.24, 2.45) is 0 Å². The standard InChI is InChI=1S/C9H14N4O2S/c14-16(15,6-8-2-1-3-12-8)13-9-4-10-7-11-5-9/h4-5,7-8,12-13H,1-3,6H2. The highest BCUT2D eigenvalue weighted by atomic mass is 32.2. The van der Waals surface area contributed by atoms with Crippen molar-refractivity contribution in [2.45, 2.75) is 18.9 Å². The third kappa shape index (κ3) is 3.14. The predicted molar refractivity (Wildman–Crippen MR) is 60.5 cm³/mol. The summed E-state index contributed by atoms with van der Waals surface area (Å²) in [6.45, 7) is 0.897. The second-order valence-electron chi connectivity index (χ2n) is 3.80. The lowest BCUT2D eigenvalue weighted by Crippen LogP contribution is -2.32. The number of nitrogens with zero attached hydrogens (tertiary/aromatic N) is 2. The summed E-state index contributed by atoms with van der Waals surface area (Å²) in [4.78, 5) is 7.49. The van der Waals surface area contributed by atoms with Gasteiger partial charge in [-0.3, -0.25) is 4.72 Å². The first-order chi connectivity index (χ1) is 7.66. The highest BCUT2D eigenvalue weighted by Gasteiger charge is 2.21. The van der Waals surface area contributed by atoms with Crippen LogP contribution in [0.4, 0.5) is 5.69 Å².